The minimum atomic E-state index is -0.403. The van der Waals surface area contributed by atoms with Crippen LogP contribution in [0.25, 0.3) is 11.3 Å². The number of benzene rings is 1. The van der Waals surface area contributed by atoms with E-state index in [1.54, 1.807) is 18.3 Å². The molecule has 2 atom stereocenters. The number of hydrogen-bond donors (Lipinski definition) is 1. The van der Waals surface area contributed by atoms with Crippen molar-refractivity contribution in [1.29, 1.82) is 0 Å². The van der Waals surface area contributed by atoms with Crippen LogP contribution in [0.3, 0.4) is 0 Å². The Kier molecular flexibility index (Phi) is 5.15. The van der Waals surface area contributed by atoms with Gasteiger partial charge in [0.05, 0.1) is 16.7 Å². The Balaban J connectivity index is 1.51. The molecule has 2 aliphatic rings. The summed E-state index contributed by atoms with van der Waals surface area (Å²) >= 11 is 5.75. The average molecular weight is 435 g/mol. The summed E-state index contributed by atoms with van der Waals surface area (Å²) in [6, 6.07) is 16.4. The fraction of sp³-hybridized carbons (Fsp3) is 0.304. The average Bonchev–Trinajstić information content (AvgIpc) is 3.54. The molecule has 3 aromatic rings. The number of aromatic nitrogens is 1. The van der Waals surface area contributed by atoms with Crippen molar-refractivity contribution in [2.24, 2.45) is 0 Å². The highest BCUT2D eigenvalue weighted by atomic mass is 32.1. The number of thiocarbonyl (C=S) groups is 1. The standard InChI is InChI=1S/C23H22N4O3S/c28-27(29)17-10-8-15(9-11-17)19-12-13-20(30-19)22-21(18-7-3-4-14-24-18)25-23(31)26(22)16-5-1-2-6-16/h3-4,7-14,16,21-22H,1-2,5-6H2,(H,25,31)/t21-,22+/m1/s1. The predicted octanol–water partition coefficient (Wildman–Crippen LogP) is 5.16. The van der Waals surface area contributed by atoms with Gasteiger partial charge < -0.3 is 14.6 Å². The summed E-state index contributed by atoms with van der Waals surface area (Å²) in [6.07, 6.45) is 6.43. The number of rotatable bonds is 5. The molecule has 0 bridgehead atoms. The van der Waals surface area contributed by atoms with Gasteiger partial charge in [-0.15, -0.1) is 0 Å². The Hall–Kier alpha value is -3.26. The van der Waals surface area contributed by atoms with E-state index in [0.29, 0.717) is 11.8 Å². The Morgan fingerprint density at radius 2 is 1.87 bits per heavy atom. The maximum atomic E-state index is 10.9. The lowest BCUT2D eigenvalue weighted by Gasteiger charge is -2.31. The Morgan fingerprint density at radius 3 is 2.55 bits per heavy atom. The molecule has 0 spiro atoms. The molecule has 0 unspecified atom stereocenters. The monoisotopic (exact) mass is 434 g/mol. The van der Waals surface area contributed by atoms with Crippen molar-refractivity contribution < 1.29 is 9.34 Å². The first-order valence-corrected chi connectivity index (χ1v) is 10.9. The Bertz CT molecular complexity index is 1090. The Labute approximate surface area is 185 Å². The van der Waals surface area contributed by atoms with E-state index in [9.17, 15) is 10.1 Å². The summed E-state index contributed by atoms with van der Waals surface area (Å²) in [5.41, 5.74) is 1.78. The van der Waals surface area contributed by atoms with Gasteiger partial charge in [-0.2, -0.15) is 0 Å². The van der Waals surface area contributed by atoms with Crippen LogP contribution in [0.15, 0.2) is 65.2 Å². The second kappa shape index (κ2) is 8.11. The van der Waals surface area contributed by atoms with Crippen molar-refractivity contribution in [2.75, 3.05) is 0 Å². The van der Waals surface area contributed by atoms with Gasteiger partial charge >= 0.3 is 0 Å². The highest BCUT2D eigenvalue weighted by Gasteiger charge is 2.45. The third-order valence-corrected chi connectivity index (χ3v) is 6.46. The van der Waals surface area contributed by atoms with Crippen molar-refractivity contribution in [3.63, 3.8) is 0 Å². The number of nitrogens with zero attached hydrogens (tertiary/aromatic N) is 3. The van der Waals surface area contributed by atoms with Crippen LogP contribution < -0.4 is 5.32 Å². The van der Waals surface area contributed by atoms with Crippen LogP contribution in [-0.4, -0.2) is 26.0 Å². The lowest BCUT2D eigenvalue weighted by molar-refractivity contribution is -0.384. The molecule has 31 heavy (non-hydrogen) atoms. The molecule has 1 aromatic carbocycles. The van der Waals surface area contributed by atoms with E-state index in [1.807, 2.05) is 30.3 Å². The zero-order valence-electron chi connectivity index (χ0n) is 16.8. The van der Waals surface area contributed by atoms with E-state index < -0.39 is 4.92 Å². The molecule has 158 valence electrons. The molecular weight excluding hydrogens is 412 g/mol. The van der Waals surface area contributed by atoms with Crippen LogP contribution in [0, 0.1) is 10.1 Å². The maximum Gasteiger partial charge on any atom is 0.269 e. The van der Waals surface area contributed by atoms with Crippen LogP contribution in [0.2, 0.25) is 0 Å². The summed E-state index contributed by atoms with van der Waals surface area (Å²) in [4.78, 5) is 17.4. The van der Waals surface area contributed by atoms with E-state index in [2.05, 4.69) is 15.2 Å². The second-order valence-electron chi connectivity index (χ2n) is 7.98. The lowest BCUT2D eigenvalue weighted by atomic mass is 10.0. The first kappa shape index (κ1) is 19.7. The molecule has 3 heterocycles. The van der Waals surface area contributed by atoms with E-state index >= 15 is 0 Å². The summed E-state index contributed by atoms with van der Waals surface area (Å²) < 4.78 is 6.30. The van der Waals surface area contributed by atoms with Gasteiger partial charge in [0.15, 0.2) is 5.11 Å². The highest BCUT2D eigenvalue weighted by molar-refractivity contribution is 7.80. The van der Waals surface area contributed by atoms with Gasteiger partial charge in [-0.25, -0.2) is 0 Å². The quantitative estimate of drug-likeness (QED) is 0.337. The zero-order chi connectivity index (χ0) is 21.4. The van der Waals surface area contributed by atoms with Gasteiger partial charge in [-0.05, 0) is 61.5 Å². The highest BCUT2D eigenvalue weighted by Crippen LogP contribution is 2.44. The predicted molar refractivity (Wildman–Crippen MR) is 120 cm³/mol. The lowest BCUT2D eigenvalue weighted by Crippen LogP contribution is -2.37. The van der Waals surface area contributed by atoms with E-state index in [-0.39, 0.29) is 17.8 Å². The van der Waals surface area contributed by atoms with Crippen LogP contribution in [0.4, 0.5) is 5.69 Å². The number of non-ortho nitro benzene ring substituents is 1. The zero-order valence-corrected chi connectivity index (χ0v) is 17.6. The first-order valence-electron chi connectivity index (χ1n) is 10.5. The van der Waals surface area contributed by atoms with Gasteiger partial charge in [0.25, 0.3) is 5.69 Å². The maximum absolute atomic E-state index is 10.9. The number of furan rings is 1. The molecule has 1 saturated heterocycles. The molecule has 2 aromatic heterocycles. The van der Waals surface area contributed by atoms with Gasteiger partial charge in [-0.3, -0.25) is 15.1 Å². The van der Waals surface area contributed by atoms with Crippen molar-refractivity contribution >= 4 is 23.0 Å². The van der Waals surface area contributed by atoms with Crippen molar-refractivity contribution in [2.45, 2.75) is 43.8 Å². The number of hydrogen-bond acceptors (Lipinski definition) is 5. The van der Waals surface area contributed by atoms with E-state index in [1.165, 1.54) is 25.0 Å². The second-order valence-corrected chi connectivity index (χ2v) is 8.36. The molecule has 1 N–H and O–H groups in total. The fourth-order valence-corrected chi connectivity index (χ4v) is 5.05. The van der Waals surface area contributed by atoms with Gasteiger partial charge in [0, 0.05) is 29.9 Å². The summed E-state index contributed by atoms with van der Waals surface area (Å²) in [7, 11) is 0. The van der Waals surface area contributed by atoms with Gasteiger partial charge in [-0.1, -0.05) is 18.9 Å². The number of nitrogens with one attached hydrogen (secondary N) is 1. The molecular formula is C23H22N4O3S. The molecule has 7 nitrogen and oxygen atoms in total. The number of nitro groups is 1. The molecule has 0 amide bonds. The molecule has 5 rings (SSSR count). The third-order valence-electron chi connectivity index (χ3n) is 6.13. The van der Waals surface area contributed by atoms with Crippen LogP contribution in [0.5, 0.6) is 0 Å². The topological polar surface area (TPSA) is 84.4 Å². The van der Waals surface area contributed by atoms with Crippen LogP contribution in [-0.2, 0) is 0 Å². The SMILES string of the molecule is O=[N+]([O-])c1ccc(-c2ccc([C@H]3[C@@H](c4ccccn4)NC(=S)N3C3CCCC3)o2)cc1. The van der Waals surface area contributed by atoms with Crippen LogP contribution >= 0.6 is 12.2 Å². The normalized spacial score (nSPS) is 21.4. The third kappa shape index (κ3) is 3.67. The summed E-state index contributed by atoms with van der Waals surface area (Å²) in [5, 5.41) is 15.2. The minimum absolute atomic E-state index is 0.0588. The number of nitro benzene ring substituents is 1. The smallest absolute Gasteiger partial charge is 0.269 e. The van der Waals surface area contributed by atoms with Crippen molar-refractivity contribution in [1.82, 2.24) is 15.2 Å². The Morgan fingerprint density at radius 1 is 1.10 bits per heavy atom. The first-order chi connectivity index (χ1) is 15.1. The van der Waals surface area contributed by atoms with E-state index in [4.69, 9.17) is 16.6 Å². The molecule has 1 aliphatic carbocycles. The van der Waals surface area contributed by atoms with Gasteiger partial charge in [0.2, 0.25) is 0 Å². The molecule has 2 fully saturated rings. The summed E-state index contributed by atoms with van der Waals surface area (Å²) in [6.45, 7) is 0. The van der Waals surface area contributed by atoms with E-state index in [0.717, 1.165) is 35.0 Å². The van der Waals surface area contributed by atoms with Crippen molar-refractivity contribution in [3.05, 3.63) is 82.4 Å². The molecule has 1 aliphatic heterocycles. The molecule has 0 radical (unpaired) electrons. The largest absolute Gasteiger partial charge is 0.459 e. The van der Waals surface area contributed by atoms with Crippen LogP contribution in [0.1, 0.15) is 49.2 Å². The van der Waals surface area contributed by atoms with Crippen molar-refractivity contribution in [3.8, 4) is 11.3 Å². The number of pyridine rings is 1. The summed E-state index contributed by atoms with van der Waals surface area (Å²) in [5.74, 6) is 1.48. The molecule has 1 saturated carbocycles. The fourth-order valence-electron chi connectivity index (χ4n) is 4.66. The van der Waals surface area contributed by atoms with Gasteiger partial charge in [0.1, 0.15) is 17.6 Å². The minimum Gasteiger partial charge on any atom is -0.459 e. The molecule has 8 heteroatoms.